The second-order valence-electron chi connectivity index (χ2n) is 6.13. The van der Waals surface area contributed by atoms with Gasteiger partial charge in [-0.05, 0) is 30.6 Å². The van der Waals surface area contributed by atoms with Crippen molar-refractivity contribution >= 4 is 11.8 Å². The summed E-state index contributed by atoms with van der Waals surface area (Å²) in [4.78, 5) is 0. The number of nitrogens with one attached hydrogen (secondary N) is 1. The van der Waals surface area contributed by atoms with Crippen LogP contribution in [-0.4, -0.2) is 49.0 Å². The minimum absolute atomic E-state index is 0.0408. The van der Waals surface area contributed by atoms with Gasteiger partial charge in [-0.1, -0.05) is 20.8 Å². The minimum atomic E-state index is 0.0408. The van der Waals surface area contributed by atoms with Crippen LogP contribution in [0.25, 0.3) is 0 Å². The maximum Gasteiger partial charge on any atom is 0.0939 e. The van der Waals surface area contributed by atoms with E-state index in [0.717, 1.165) is 38.7 Å². The molecule has 0 aromatic heterocycles. The lowest BCUT2D eigenvalue weighted by Gasteiger charge is -2.40. The molecule has 0 saturated carbocycles. The van der Waals surface area contributed by atoms with E-state index in [2.05, 4.69) is 37.8 Å². The van der Waals surface area contributed by atoms with Crippen LogP contribution in [0.1, 0.15) is 40.0 Å². The summed E-state index contributed by atoms with van der Waals surface area (Å²) >= 11 is 2.07. The van der Waals surface area contributed by atoms with Gasteiger partial charge >= 0.3 is 0 Å². The first kappa shape index (κ1) is 15.6. The van der Waals surface area contributed by atoms with Crippen LogP contribution in [0.3, 0.4) is 0 Å². The van der Waals surface area contributed by atoms with E-state index in [9.17, 15) is 0 Å². The van der Waals surface area contributed by atoms with Crippen LogP contribution in [0, 0.1) is 5.92 Å². The van der Waals surface area contributed by atoms with Crippen molar-refractivity contribution in [3.05, 3.63) is 0 Å². The van der Waals surface area contributed by atoms with Gasteiger partial charge in [0.1, 0.15) is 0 Å². The first-order valence-corrected chi connectivity index (χ1v) is 8.77. The Morgan fingerprint density at radius 1 is 1.37 bits per heavy atom. The molecule has 1 spiro atoms. The molecular formula is C15H29NO2S. The summed E-state index contributed by atoms with van der Waals surface area (Å²) in [6.07, 6.45) is 3.45. The Hall–Kier alpha value is 0.230. The maximum absolute atomic E-state index is 6.05. The third-order valence-corrected chi connectivity index (χ3v) is 5.46. The highest BCUT2D eigenvalue weighted by Crippen LogP contribution is 2.37. The highest BCUT2D eigenvalue weighted by atomic mass is 32.2. The second-order valence-corrected chi connectivity index (χ2v) is 7.74. The van der Waals surface area contributed by atoms with Gasteiger partial charge < -0.3 is 14.8 Å². The van der Waals surface area contributed by atoms with Crippen LogP contribution in [0.2, 0.25) is 0 Å². The van der Waals surface area contributed by atoms with Gasteiger partial charge in [0.2, 0.25) is 0 Å². The minimum Gasteiger partial charge on any atom is -0.378 e. The molecule has 2 aliphatic heterocycles. The van der Waals surface area contributed by atoms with E-state index < -0.39 is 0 Å². The van der Waals surface area contributed by atoms with E-state index in [-0.39, 0.29) is 5.60 Å². The van der Waals surface area contributed by atoms with Crippen LogP contribution in [0.4, 0.5) is 0 Å². The zero-order valence-corrected chi connectivity index (χ0v) is 13.4. The molecule has 0 aromatic carbocycles. The SMILES string of the molecule is CCNC(CSC(C)C)C1CCOC2(CCOC2)C1. The molecule has 2 aliphatic rings. The van der Waals surface area contributed by atoms with Crippen LogP contribution in [0.15, 0.2) is 0 Å². The quantitative estimate of drug-likeness (QED) is 0.813. The van der Waals surface area contributed by atoms with E-state index in [1.807, 2.05) is 0 Å². The molecular weight excluding hydrogens is 258 g/mol. The summed E-state index contributed by atoms with van der Waals surface area (Å²) in [6.45, 7) is 10.4. The van der Waals surface area contributed by atoms with Crippen molar-refractivity contribution in [1.29, 1.82) is 0 Å². The van der Waals surface area contributed by atoms with Crippen LogP contribution in [-0.2, 0) is 9.47 Å². The van der Waals surface area contributed by atoms with Gasteiger partial charge in [-0.2, -0.15) is 11.8 Å². The Bertz CT molecular complexity index is 267. The monoisotopic (exact) mass is 287 g/mol. The lowest BCUT2D eigenvalue weighted by Crippen LogP contribution is -2.48. The Balaban J connectivity index is 1.91. The smallest absolute Gasteiger partial charge is 0.0939 e. The Morgan fingerprint density at radius 3 is 2.84 bits per heavy atom. The van der Waals surface area contributed by atoms with E-state index in [4.69, 9.17) is 9.47 Å². The van der Waals surface area contributed by atoms with Gasteiger partial charge in [0.15, 0.2) is 0 Å². The standard InChI is InChI=1S/C15H29NO2S/c1-4-16-14(10-19-12(2)3)13-5-7-18-15(9-13)6-8-17-11-15/h12-14,16H,4-11H2,1-3H3. The molecule has 2 fully saturated rings. The molecule has 4 heteroatoms. The summed E-state index contributed by atoms with van der Waals surface area (Å²) in [5.74, 6) is 1.95. The lowest BCUT2D eigenvalue weighted by molar-refractivity contribution is -0.102. The molecule has 19 heavy (non-hydrogen) atoms. The number of ether oxygens (including phenoxy) is 2. The average molecular weight is 287 g/mol. The lowest BCUT2D eigenvalue weighted by atomic mass is 9.81. The maximum atomic E-state index is 6.05. The van der Waals surface area contributed by atoms with Crippen LogP contribution in [0.5, 0.6) is 0 Å². The fourth-order valence-electron chi connectivity index (χ4n) is 3.19. The predicted octanol–water partition coefficient (Wildman–Crippen LogP) is 2.69. The van der Waals surface area contributed by atoms with E-state index in [1.165, 1.54) is 18.6 Å². The summed E-state index contributed by atoms with van der Waals surface area (Å²) in [7, 11) is 0. The summed E-state index contributed by atoms with van der Waals surface area (Å²) in [5, 5.41) is 4.41. The Kier molecular flexibility index (Phi) is 6.00. The molecule has 3 nitrogen and oxygen atoms in total. The molecule has 2 heterocycles. The van der Waals surface area contributed by atoms with E-state index >= 15 is 0 Å². The first-order valence-electron chi connectivity index (χ1n) is 7.72. The van der Waals surface area contributed by atoms with Gasteiger partial charge in [0.25, 0.3) is 0 Å². The van der Waals surface area contributed by atoms with Crippen molar-refractivity contribution < 1.29 is 9.47 Å². The fourth-order valence-corrected chi connectivity index (χ4v) is 4.17. The summed E-state index contributed by atoms with van der Waals surface area (Å²) in [5.41, 5.74) is 0.0408. The molecule has 0 aliphatic carbocycles. The van der Waals surface area contributed by atoms with Gasteiger partial charge in [-0.3, -0.25) is 0 Å². The molecule has 112 valence electrons. The van der Waals surface area contributed by atoms with E-state index in [1.54, 1.807) is 0 Å². The van der Waals surface area contributed by atoms with Crippen molar-refractivity contribution in [2.45, 2.75) is 56.9 Å². The largest absolute Gasteiger partial charge is 0.378 e. The molecule has 0 bridgehead atoms. The van der Waals surface area contributed by atoms with Crippen LogP contribution >= 0.6 is 11.8 Å². The molecule has 2 rings (SSSR count). The van der Waals surface area contributed by atoms with Crippen molar-refractivity contribution in [3.63, 3.8) is 0 Å². The number of hydrogen-bond donors (Lipinski definition) is 1. The Labute approximate surface area is 122 Å². The normalized spacial score (nSPS) is 33.2. The van der Waals surface area contributed by atoms with Crippen molar-refractivity contribution in [2.24, 2.45) is 5.92 Å². The predicted molar refractivity (Wildman–Crippen MR) is 81.9 cm³/mol. The number of rotatable bonds is 6. The molecule has 0 aromatic rings. The highest BCUT2D eigenvalue weighted by molar-refractivity contribution is 7.99. The van der Waals surface area contributed by atoms with Crippen molar-refractivity contribution in [3.8, 4) is 0 Å². The number of thioether (sulfide) groups is 1. The summed E-state index contributed by atoms with van der Waals surface area (Å²) in [6, 6.07) is 0.624. The molecule has 2 saturated heterocycles. The first-order chi connectivity index (χ1) is 9.15. The van der Waals surface area contributed by atoms with E-state index in [0.29, 0.717) is 11.3 Å². The molecule has 0 radical (unpaired) electrons. The van der Waals surface area contributed by atoms with Crippen LogP contribution < -0.4 is 5.32 Å². The third-order valence-electron chi connectivity index (χ3n) is 4.24. The number of hydrogen-bond acceptors (Lipinski definition) is 4. The summed E-state index contributed by atoms with van der Waals surface area (Å²) < 4.78 is 11.6. The Morgan fingerprint density at radius 2 is 2.21 bits per heavy atom. The fraction of sp³-hybridized carbons (Fsp3) is 1.00. The zero-order valence-electron chi connectivity index (χ0n) is 12.6. The van der Waals surface area contributed by atoms with Crippen molar-refractivity contribution in [1.82, 2.24) is 5.32 Å². The molecule has 3 unspecified atom stereocenters. The average Bonchev–Trinajstić information content (AvgIpc) is 2.82. The van der Waals surface area contributed by atoms with Crippen molar-refractivity contribution in [2.75, 3.05) is 32.1 Å². The second kappa shape index (κ2) is 7.30. The van der Waals surface area contributed by atoms with Gasteiger partial charge in [-0.15, -0.1) is 0 Å². The zero-order chi connectivity index (χ0) is 13.7. The van der Waals surface area contributed by atoms with Gasteiger partial charge in [0.05, 0.1) is 12.2 Å². The molecule has 0 amide bonds. The molecule has 1 N–H and O–H groups in total. The topological polar surface area (TPSA) is 30.5 Å². The third kappa shape index (κ3) is 4.35. The molecule has 3 atom stereocenters. The van der Waals surface area contributed by atoms with Gasteiger partial charge in [0, 0.05) is 31.4 Å². The highest BCUT2D eigenvalue weighted by Gasteiger charge is 2.42. The van der Waals surface area contributed by atoms with Gasteiger partial charge in [-0.25, -0.2) is 0 Å².